The van der Waals surface area contributed by atoms with Crippen molar-refractivity contribution >= 4 is 10.1 Å². The van der Waals surface area contributed by atoms with Crippen LogP contribution in [0.25, 0.3) is 0 Å². The van der Waals surface area contributed by atoms with Gasteiger partial charge in [-0.15, -0.1) is 0 Å². The Kier molecular flexibility index (Phi) is 18.1. The zero-order valence-electron chi connectivity index (χ0n) is 13.8. The van der Waals surface area contributed by atoms with E-state index in [0.717, 1.165) is 38.5 Å². The number of aliphatic hydroxyl groups is 1. The second-order valence-electron chi connectivity index (χ2n) is 5.67. The van der Waals surface area contributed by atoms with Gasteiger partial charge in [-0.25, -0.2) is 8.42 Å². The molecule has 1 unspecified atom stereocenters. The molecule has 6 heteroatoms. The molecular weight excluding hydrogens is 299 g/mol. The molecule has 21 heavy (non-hydrogen) atoms. The van der Waals surface area contributed by atoms with Gasteiger partial charge in [0.05, 0.1) is 16.2 Å². The predicted octanol–water partition coefficient (Wildman–Crippen LogP) is 0.598. The van der Waals surface area contributed by atoms with Crippen LogP contribution in [0.5, 0.6) is 0 Å². The van der Waals surface area contributed by atoms with Crippen LogP contribution in [0.15, 0.2) is 0 Å². The van der Waals surface area contributed by atoms with Gasteiger partial charge in [-0.05, 0) is 19.3 Å². The van der Waals surface area contributed by atoms with Crippen molar-refractivity contribution in [3.63, 3.8) is 0 Å². The first-order valence-electron chi connectivity index (χ1n) is 8.07. The SMILES string of the molecule is CCCCCCCCC(O)CCCCCCS(=O)(=O)[O-].[Na+]. The third kappa shape index (κ3) is 20.9. The normalized spacial score (nSPS) is 12.9. The van der Waals surface area contributed by atoms with E-state index in [4.69, 9.17) is 0 Å². The Morgan fingerprint density at radius 3 is 1.76 bits per heavy atom. The van der Waals surface area contributed by atoms with Gasteiger partial charge in [0.1, 0.15) is 0 Å². The summed E-state index contributed by atoms with van der Waals surface area (Å²) < 4.78 is 31.2. The van der Waals surface area contributed by atoms with Crippen LogP contribution in [-0.4, -0.2) is 29.9 Å². The van der Waals surface area contributed by atoms with Crippen molar-refractivity contribution in [2.24, 2.45) is 0 Å². The predicted molar refractivity (Wildman–Crippen MR) is 81.6 cm³/mol. The zero-order chi connectivity index (χ0) is 15.3. The fourth-order valence-corrected chi connectivity index (χ4v) is 2.87. The molecule has 1 atom stereocenters. The van der Waals surface area contributed by atoms with E-state index in [9.17, 15) is 18.1 Å². The Morgan fingerprint density at radius 2 is 1.29 bits per heavy atom. The minimum Gasteiger partial charge on any atom is -0.748 e. The van der Waals surface area contributed by atoms with E-state index < -0.39 is 10.1 Å². The second-order valence-corrected chi connectivity index (χ2v) is 7.20. The van der Waals surface area contributed by atoms with Gasteiger partial charge in [0.25, 0.3) is 0 Å². The van der Waals surface area contributed by atoms with Gasteiger partial charge in [-0.2, -0.15) is 0 Å². The fraction of sp³-hybridized carbons (Fsp3) is 1.00. The maximum atomic E-state index is 10.4. The van der Waals surface area contributed by atoms with E-state index in [0.29, 0.717) is 6.42 Å². The van der Waals surface area contributed by atoms with Crippen molar-refractivity contribution in [2.45, 2.75) is 90.1 Å². The summed E-state index contributed by atoms with van der Waals surface area (Å²) in [5.41, 5.74) is 0. The molecule has 0 saturated carbocycles. The smallest absolute Gasteiger partial charge is 0.748 e. The van der Waals surface area contributed by atoms with Crippen molar-refractivity contribution in [3.05, 3.63) is 0 Å². The Bertz CT molecular complexity index is 307. The molecule has 0 heterocycles. The molecular formula is C15H31NaO4S. The minimum atomic E-state index is -4.05. The van der Waals surface area contributed by atoms with Crippen molar-refractivity contribution in [1.82, 2.24) is 0 Å². The number of rotatable bonds is 14. The van der Waals surface area contributed by atoms with E-state index in [1.165, 1.54) is 32.1 Å². The maximum absolute atomic E-state index is 10.4. The van der Waals surface area contributed by atoms with Crippen LogP contribution in [0.3, 0.4) is 0 Å². The first-order valence-corrected chi connectivity index (χ1v) is 9.65. The Hall–Kier alpha value is 0.870. The van der Waals surface area contributed by atoms with Crippen LogP contribution in [0, 0.1) is 0 Å². The molecule has 1 N–H and O–H groups in total. The first kappa shape index (κ1) is 24.1. The van der Waals surface area contributed by atoms with Gasteiger partial charge < -0.3 is 9.66 Å². The molecule has 0 aliphatic rings. The molecule has 4 nitrogen and oxygen atoms in total. The van der Waals surface area contributed by atoms with Gasteiger partial charge in [-0.3, -0.25) is 0 Å². The molecule has 0 fully saturated rings. The first-order chi connectivity index (χ1) is 9.45. The summed E-state index contributed by atoms with van der Waals surface area (Å²) in [6, 6.07) is 0. The number of unbranched alkanes of at least 4 members (excludes halogenated alkanes) is 8. The Morgan fingerprint density at radius 1 is 0.857 bits per heavy atom. The van der Waals surface area contributed by atoms with Gasteiger partial charge in [0.15, 0.2) is 0 Å². The van der Waals surface area contributed by atoms with Crippen molar-refractivity contribution in [3.8, 4) is 0 Å². The molecule has 0 saturated heterocycles. The Balaban J connectivity index is 0. The van der Waals surface area contributed by atoms with Crippen LogP contribution >= 0.6 is 0 Å². The molecule has 0 bridgehead atoms. The molecule has 0 radical (unpaired) electrons. The van der Waals surface area contributed by atoms with Crippen LogP contribution < -0.4 is 29.6 Å². The van der Waals surface area contributed by atoms with Crippen molar-refractivity contribution in [1.29, 1.82) is 0 Å². The zero-order valence-corrected chi connectivity index (χ0v) is 16.7. The maximum Gasteiger partial charge on any atom is 1.00 e. The fourth-order valence-electron chi connectivity index (χ4n) is 2.32. The second kappa shape index (κ2) is 15.8. The molecule has 0 aromatic carbocycles. The number of aliphatic hydroxyl groups excluding tert-OH is 1. The van der Waals surface area contributed by atoms with Crippen molar-refractivity contribution in [2.75, 3.05) is 5.75 Å². The van der Waals surface area contributed by atoms with Gasteiger partial charge in [0.2, 0.25) is 0 Å². The molecule has 122 valence electrons. The molecule has 0 spiro atoms. The van der Waals surface area contributed by atoms with Crippen molar-refractivity contribution < 1.29 is 47.6 Å². The summed E-state index contributed by atoms with van der Waals surface area (Å²) in [5, 5.41) is 9.79. The van der Waals surface area contributed by atoms with Gasteiger partial charge >= 0.3 is 29.6 Å². The average Bonchev–Trinajstić information content (AvgIpc) is 2.36. The standard InChI is InChI=1S/C15H32O4S.Na/c1-2-3-4-5-6-9-12-15(16)13-10-7-8-11-14-20(17,18)19;/h15-16H,2-14H2,1H3,(H,17,18,19);/q;+1/p-1. The van der Waals surface area contributed by atoms with E-state index in [1.807, 2.05) is 0 Å². The average molecular weight is 330 g/mol. The van der Waals surface area contributed by atoms with Gasteiger partial charge in [0, 0.05) is 5.75 Å². The molecule has 0 amide bonds. The Labute approximate surface area is 153 Å². The molecule has 0 aromatic rings. The summed E-state index contributed by atoms with van der Waals surface area (Å²) >= 11 is 0. The minimum absolute atomic E-state index is 0. The van der Waals surface area contributed by atoms with E-state index in [1.54, 1.807) is 0 Å². The molecule has 0 rings (SSSR count). The van der Waals surface area contributed by atoms with E-state index in [2.05, 4.69) is 6.92 Å². The van der Waals surface area contributed by atoms with Crippen LogP contribution in [0.4, 0.5) is 0 Å². The summed E-state index contributed by atoms with van der Waals surface area (Å²) in [5.74, 6) is -0.257. The summed E-state index contributed by atoms with van der Waals surface area (Å²) in [6.45, 7) is 2.20. The largest absolute Gasteiger partial charge is 1.00 e. The topological polar surface area (TPSA) is 77.4 Å². The summed E-state index contributed by atoms with van der Waals surface area (Å²) in [6.07, 6.45) is 11.9. The monoisotopic (exact) mass is 330 g/mol. The summed E-state index contributed by atoms with van der Waals surface area (Å²) in [7, 11) is -4.05. The number of hydrogen-bond donors (Lipinski definition) is 1. The third-order valence-electron chi connectivity index (χ3n) is 3.57. The molecule has 0 aromatic heterocycles. The van der Waals surface area contributed by atoms with Crippen LogP contribution in [0.2, 0.25) is 0 Å². The quantitative estimate of drug-likeness (QED) is 0.287. The van der Waals surface area contributed by atoms with Gasteiger partial charge in [-0.1, -0.05) is 64.7 Å². The third-order valence-corrected chi connectivity index (χ3v) is 4.36. The van der Waals surface area contributed by atoms with E-state index in [-0.39, 0.29) is 41.4 Å². The molecule has 0 aliphatic carbocycles. The molecule has 0 aliphatic heterocycles. The van der Waals surface area contributed by atoms with Crippen LogP contribution in [0.1, 0.15) is 84.0 Å². The number of hydrogen-bond acceptors (Lipinski definition) is 4. The van der Waals surface area contributed by atoms with E-state index >= 15 is 0 Å². The summed E-state index contributed by atoms with van der Waals surface area (Å²) in [4.78, 5) is 0. The van der Waals surface area contributed by atoms with Crippen LogP contribution in [-0.2, 0) is 10.1 Å².